The summed E-state index contributed by atoms with van der Waals surface area (Å²) in [6.07, 6.45) is -7.06. The van der Waals surface area contributed by atoms with Crippen LogP contribution in [0.3, 0.4) is 0 Å². The summed E-state index contributed by atoms with van der Waals surface area (Å²) in [6, 6.07) is -22.4. The van der Waals surface area contributed by atoms with Crippen LogP contribution in [0, 0.1) is 23.7 Å². The minimum atomic E-state index is -2.08. The van der Waals surface area contributed by atoms with Crippen LogP contribution >= 0.6 is 0 Å². The van der Waals surface area contributed by atoms with Gasteiger partial charge in [-0.1, -0.05) is 55.4 Å². The molecule has 0 unspecified atom stereocenters. The highest BCUT2D eigenvalue weighted by Crippen LogP contribution is 2.19. The monoisotopic (exact) mass is 1870 g/mol. The molecule has 0 aromatic carbocycles. The fourth-order valence-corrected chi connectivity index (χ4v) is 12.1. The number of carbonyl (C=O) groups is 26. The molecule has 0 aliphatic carbocycles. The summed E-state index contributed by atoms with van der Waals surface area (Å²) in [5, 5.41) is 96.8. The number of likely N-dealkylation sites (tertiary alicyclic amines) is 1. The van der Waals surface area contributed by atoms with Gasteiger partial charge < -0.3 is 148 Å². The number of nitrogens with zero attached hydrogens (tertiary/aromatic N) is 1. The summed E-state index contributed by atoms with van der Waals surface area (Å²) in [5.41, 5.74) is 16.5. The summed E-state index contributed by atoms with van der Waals surface area (Å²) in [5.74, 6) is -31.7. The van der Waals surface area contributed by atoms with Crippen LogP contribution in [0.25, 0.3) is 0 Å². The molecule has 0 aromatic rings. The molecule has 0 spiro atoms. The third kappa shape index (κ3) is 46.1. The fourth-order valence-electron chi connectivity index (χ4n) is 12.1. The predicted octanol–water partition coefficient (Wildman–Crippen LogP) is -12.1. The highest BCUT2D eigenvalue weighted by Gasteiger charge is 2.40. The van der Waals surface area contributed by atoms with Crippen LogP contribution in [-0.2, 0) is 125 Å². The van der Waals surface area contributed by atoms with Gasteiger partial charge >= 0.3 is 29.8 Å². The molecular formula is C77H124N22O32. The molecule has 1 rings (SSSR count). The van der Waals surface area contributed by atoms with Gasteiger partial charge in [0, 0.05) is 38.6 Å². The van der Waals surface area contributed by atoms with E-state index in [9.17, 15) is 140 Å². The van der Waals surface area contributed by atoms with Crippen molar-refractivity contribution in [1.82, 2.24) is 101 Å². The molecule has 21 amide bonds. The summed E-state index contributed by atoms with van der Waals surface area (Å²) in [4.78, 5) is 338. The van der Waals surface area contributed by atoms with E-state index in [-0.39, 0.29) is 38.1 Å². The van der Waals surface area contributed by atoms with E-state index in [4.69, 9.17) is 32.5 Å². The number of aliphatic carboxylic acids is 5. The second-order valence-electron chi connectivity index (χ2n) is 32.0. The van der Waals surface area contributed by atoms with E-state index in [1.807, 2.05) is 5.32 Å². The van der Waals surface area contributed by atoms with Crippen molar-refractivity contribution in [1.29, 1.82) is 0 Å². The normalized spacial score (nSPS) is 15.1. The van der Waals surface area contributed by atoms with Gasteiger partial charge in [-0.05, 0) is 95.3 Å². The third-order valence-corrected chi connectivity index (χ3v) is 19.2. The van der Waals surface area contributed by atoms with Crippen LogP contribution in [-0.4, -0.2) is 326 Å². The number of nitrogens with one attached hydrogen (secondary N) is 18. The van der Waals surface area contributed by atoms with Gasteiger partial charge in [0.1, 0.15) is 78.5 Å². The van der Waals surface area contributed by atoms with E-state index in [0.29, 0.717) is 6.42 Å². The molecule has 1 fully saturated rings. The SMILES string of the molecule is CC(C)C[C@H](NC(=O)[C@H](CCC(=O)O)NC(=O)[C@@H](NC(=O)[C@H](CCC(N)=O)NC(=O)CNC(=O)[C@@H](NC(=O)[C@H](CCC(N)=O)NC(=O)[C@H](CC(C)C)NC(=O)[C@H](CC(=O)O)NC(=O)[C@H](CCC(=O)O)NC(=O)[C@H](C)NC(=O)[C@@H](N)CCC(=O)O)C(C)C)C(C)C)C(=O)NCC(=O)NCC(=O)NCC(=O)N1CCC[C@H]1C(=O)NCC(=O)N[C@@H](C)C(=O)NCC(=O)N[C@@H](CO)C(=O)O. The summed E-state index contributed by atoms with van der Waals surface area (Å²) >= 11 is 0. The lowest BCUT2D eigenvalue weighted by molar-refractivity contribution is -0.143. The quantitative estimate of drug-likeness (QED) is 0.0269. The molecular weight excluding hydrogens is 1740 g/mol. The van der Waals surface area contributed by atoms with Crippen molar-refractivity contribution in [2.45, 2.75) is 250 Å². The maximum atomic E-state index is 14.2. The van der Waals surface area contributed by atoms with Gasteiger partial charge in [0.05, 0.1) is 58.3 Å². The van der Waals surface area contributed by atoms with Crippen molar-refractivity contribution in [3.05, 3.63) is 0 Å². The van der Waals surface area contributed by atoms with Gasteiger partial charge in [-0.3, -0.25) is 120 Å². The molecule has 0 radical (unpaired) electrons. The molecule has 0 aromatic heterocycles. The number of primary amides is 2. The fraction of sp³-hybridized carbons (Fsp3) is 0.662. The largest absolute Gasteiger partial charge is 0.481 e. The Hall–Kier alpha value is -13.9. The van der Waals surface area contributed by atoms with Crippen LogP contribution < -0.4 is 113 Å². The predicted molar refractivity (Wildman–Crippen MR) is 448 cm³/mol. The van der Waals surface area contributed by atoms with Crippen molar-refractivity contribution in [2.24, 2.45) is 40.9 Å². The minimum Gasteiger partial charge on any atom is -0.481 e. The van der Waals surface area contributed by atoms with Crippen LogP contribution in [0.5, 0.6) is 0 Å². The summed E-state index contributed by atoms with van der Waals surface area (Å²) in [6.45, 7) is 9.13. The molecule has 1 saturated heterocycles. The molecule has 14 atom stereocenters. The molecule has 30 N–H and O–H groups in total. The zero-order chi connectivity index (χ0) is 100.0. The minimum absolute atomic E-state index is 0.0678. The maximum absolute atomic E-state index is 14.2. The summed E-state index contributed by atoms with van der Waals surface area (Å²) in [7, 11) is 0. The topological polar surface area (TPSA) is 863 Å². The van der Waals surface area contributed by atoms with Crippen LogP contribution in [0.15, 0.2) is 0 Å². The number of rotatable bonds is 62. The molecule has 0 bridgehead atoms. The molecule has 0 saturated carbocycles. The van der Waals surface area contributed by atoms with Crippen LogP contribution in [0.1, 0.15) is 166 Å². The first-order valence-electron chi connectivity index (χ1n) is 41.7. The van der Waals surface area contributed by atoms with E-state index in [1.165, 1.54) is 34.6 Å². The lowest BCUT2D eigenvalue weighted by Gasteiger charge is -2.28. The molecule has 1 aliphatic heterocycles. The van der Waals surface area contributed by atoms with E-state index < -0.39 is 366 Å². The Morgan fingerprint density at radius 1 is 0.328 bits per heavy atom. The lowest BCUT2D eigenvalue weighted by Crippen LogP contribution is -2.60. The van der Waals surface area contributed by atoms with E-state index >= 15 is 0 Å². The Kier molecular flexibility index (Phi) is 51.5. The Morgan fingerprint density at radius 2 is 0.679 bits per heavy atom. The zero-order valence-electron chi connectivity index (χ0n) is 74.1. The Balaban J connectivity index is 3.24. The van der Waals surface area contributed by atoms with Gasteiger partial charge in [0.15, 0.2) is 0 Å². The number of hydrogen-bond donors (Lipinski definition) is 27. The second kappa shape index (κ2) is 58.6. The molecule has 54 nitrogen and oxygen atoms in total. The standard InChI is InChI=1S/C77H124N22O32/c1-34(2)24-45(67(120)84-28-53(104)81-27-52(103)82-32-57(108)99-23-11-12-49(99)74(127)85-29-54(105)87-38(9)64(117)83-30-56(107)90-48(33-100)77(130)131)94-69(122)44(17-22-60(113)114)93-76(129)63(37(7)8)98-70(123)41(14-18-50(79)101)89-55(106)31-86-75(128)62(36(5)6)97-71(124)42(15-19-51(80)102)92-72(125)46(25-35(3)4)95-73(126)47(26-61(115)116)96-68(121)43(16-21-59(111)112)91-65(118)39(10)88-66(119)40(78)13-20-58(109)110/h34-49,62-63,100H,11-33,78H2,1-10H3,(H2,79,101)(H2,80,102)(H,81,104)(H,82,103)(H,83,117)(H,84,120)(H,85,127)(H,86,128)(H,87,105)(H,88,119)(H,89,106)(H,90,107)(H,91,118)(H,92,125)(H,93,129)(H,94,122)(H,95,126)(H,96,121)(H,97,124)(H,98,123)(H,109,110)(H,111,112)(H,113,114)(H,115,116)(H,130,131)/t38-,39-,40-,41-,42-,43-,44-,45-,46-,47-,48-,49-,62-,63-/m0/s1. The number of carboxylic acids is 5. The van der Waals surface area contributed by atoms with Gasteiger partial charge in [-0.15, -0.1) is 0 Å². The average molecular weight is 1870 g/mol. The maximum Gasteiger partial charge on any atom is 0.328 e. The smallest absolute Gasteiger partial charge is 0.328 e. The van der Waals surface area contributed by atoms with E-state index in [0.717, 1.165) is 11.8 Å². The first kappa shape index (κ1) is 115. The van der Waals surface area contributed by atoms with Crippen molar-refractivity contribution in [3.63, 3.8) is 0 Å². The molecule has 54 heteroatoms. The van der Waals surface area contributed by atoms with Crippen LogP contribution in [0.4, 0.5) is 0 Å². The Morgan fingerprint density at radius 3 is 1.14 bits per heavy atom. The van der Waals surface area contributed by atoms with E-state index in [2.05, 4.69) is 90.4 Å². The highest BCUT2D eigenvalue weighted by atomic mass is 16.4. The average Bonchev–Trinajstić information content (AvgIpc) is 1.61. The molecule has 131 heavy (non-hydrogen) atoms. The lowest BCUT2D eigenvalue weighted by atomic mass is 10.00. The van der Waals surface area contributed by atoms with E-state index in [1.54, 1.807) is 27.7 Å². The second-order valence-corrected chi connectivity index (χ2v) is 32.0. The van der Waals surface area contributed by atoms with Gasteiger partial charge in [-0.25, -0.2) is 4.79 Å². The summed E-state index contributed by atoms with van der Waals surface area (Å²) < 4.78 is 0. The van der Waals surface area contributed by atoms with Crippen molar-refractivity contribution in [3.8, 4) is 0 Å². The first-order chi connectivity index (χ1) is 61.1. The van der Waals surface area contributed by atoms with Gasteiger partial charge in [0.25, 0.3) is 0 Å². The van der Waals surface area contributed by atoms with Gasteiger partial charge in [0.2, 0.25) is 124 Å². The van der Waals surface area contributed by atoms with Gasteiger partial charge in [-0.2, -0.15) is 0 Å². The Labute approximate surface area is 750 Å². The number of hydrogen-bond acceptors (Lipinski definition) is 28. The van der Waals surface area contributed by atoms with Crippen LogP contribution in [0.2, 0.25) is 0 Å². The number of carbonyl (C=O) groups excluding carboxylic acids is 21. The molecule has 1 heterocycles. The Bertz CT molecular complexity index is 4130. The number of amides is 21. The number of nitrogens with two attached hydrogens (primary N) is 3. The molecule has 734 valence electrons. The highest BCUT2D eigenvalue weighted by molar-refractivity contribution is 6.02. The van der Waals surface area contributed by atoms with Crippen molar-refractivity contribution < 1.29 is 155 Å². The molecule has 1 aliphatic rings. The number of aliphatic hydroxyl groups excluding tert-OH is 1. The first-order valence-corrected chi connectivity index (χ1v) is 41.7. The van der Waals surface area contributed by atoms with Crippen molar-refractivity contribution >= 4 is 154 Å². The van der Waals surface area contributed by atoms with Crippen molar-refractivity contribution in [2.75, 3.05) is 52.4 Å². The number of carboxylic acid groups (broad SMARTS) is 5. The zero-order valence-corrected chi connectivity index (χ0v) is 74.1. The third-order valence-electron chi connectivity index (χ3n) is 19.2. The number of aliphatic hydroxyl groups is 1.